The lowest BCUT2D eigenvalue weighted by molar-refractivity contribution is -0.122. The third-order valence-electron chi connectivity index (χ3n) is 5.59. The Labute approximate surface area is 160 Å². The summed E-state index contributed by atoms with van der Waals surface area (Å²) in [5.41, 5.74) is 8.57. The van der Waals surface area contributed by atoms with E-state index in [9.17, 15) is 9.59 Å². The number of urea groups is 1. The van der Waals surface area contributed by atoms with E-state index in [1.54, 1.807) is 0 Å². The van der Waals surface area contributed by atoms with E-state index in [0.717, 1.165) is 24.0 Å². The average molecular weight is 365 g/mol. The van der Waals surface area contributed by atoms with Crippen LogP contribution in [0.1, 0.15) is 48.4 Å². The van der Waals surface area contributed by atoms with Crippen LogP contribution >= 0.6 is 0 Å². The van der Waals surface area contributed by atoms with Gasteiger partial charge in [0.1, 0.15) is 0 Å². The molecule has 0 bridgehead atoms. The highest BCUT2D eigenvalue weighted by molar-refractivity contribution is 5.79. The summed E-state index contributed by atoms with van der Waals surface area (Å²) in [4.78, 5) is 24.0. The van der Waals surface area contributed by atoms with Crippen LogP contribution < -0.4 is 16.4 Å². The molecule has 1 saturated carbocycles. The zero-order valence-corrected chi connectivity index (χ0v) is 15.7. The highest BCUT2D eigenvalue weighted by atomic mass is 16.2. The SMILES string of the molecule is Cc1ccccc1C(CC(=O)NCC1(c2ccccc2)CCC1)NC(N)=O. The van der Waals surface area contributed by atoms with E-state index in [1.165, 1.54) is 12.0 Å². The monoisotopic (exact) mass is 365 g/mol. The number of amides is 3. The molecular formula is C22H27N3O2. The molecule has 142 valence electrons. The summed E-state index contributed by atoms with van der Waals surface area (Å²) in [5.74, 6) is -0.0841. The fourth-order valence-corrected chi connectivity index (χ4v) is 3.88. The molecule has 0 heterocycles. The maximum Gasteiger partial charge on any atom is 0.312 e. The van der Waals surface area contributed by atoms with Gasteiger partial charge in [0.05, 0.1) is 12.5 Å². The molecule has 5 heteroatoms. The van der Waals surface area contributed by atoms with Gasteiger partial charge in [-0.15, -0.1) is 0 Å². The molecule has 1 atom stereocenters. The third kappa shape index (κ3) is 4.48. The summed E-state index contributed by atoms with van der Waals surface area (Å²) in [7, 11) is 0. The number of carbonyl (C=O) groups is 2. The van der Waals surface area contributed by atoms with Crippen molar-refractivity contribution in [2.24, 2.45) is 5.73 Å². The Morgan fingerprint density at radius 3 is 2.33 bits per heavy atom. The molecular weight excluding hydrogens is 338 g/mol. The second-order valence-electron chi connectivity index (χ2n) is 7.40. The first-order chi connectivity index (χ1) is 13.0. The Kier molecular flexibility index (Phi) is 5.79. The van der Waals surface area contributed by atoms with Gasteiger partial charge in [0.2, 0.25) is 5.91 Å². The summed E-state index contributed by atoms with van der Waals surface area (Å²) >= 11 is 0. The fraction of sp³-hybridized carbons (Fsp3) is 0.364. The van der Waals surface area contributed by atoms with Gasteiger partial charge in [0.15, 0.2) is 0 Å². The van der Waals surface area contributed by atoms with Crippen molar-refractivity contribution in [3.05, 3.63) is 71.3 Å². The minimum absolute atomic E-state index is 0.0339. The lowest BCUT2D eigenvalue weighted by Gasteiger charge is -2.42. The fourth-order valence-electron chi connectivity index (χ4n) is 3.88. The van der Waals surface area contributed by atoms with E-state index < -0.39 is 12.1 Å². The predicted octanol–water partition coefficient (Wildman–Crippen LogP) is 3.33. The lowest BCUT2D eigenvalue weighted by atomic mass is 9.64. The Morgan fingerprint density at radius 2 is 1.74 bits per heavy atom. The molecule has 0 saturated heterocycles. The van der Waals surface area contributed by atoms with Crippen molar-refractivity contribution in [2.75, 3.05) is 6.54 Å². The molecule has 1 aliphatic carbocycles. The molecule has 1 fully saturated rings. The van der Waals surface area contributed by atoms with E-state index in [2.05, 4.69) is 22.8 Å². The zero-order chi connectivity index (χ0) is 19.3. The standard InChI is InChI=1S/C22H27N3O2/c1-16-8-5-6-11-18(16)19(25-21(23)27)14-20(26)24-15-22(12-7-13-22)17-9-3-2-4-10-17/h2-6,8-11,19H,7,12-15H2,1H3,(H,24,26)(H3,23,25,27). The smallest absolute Gasteiger partial charge is 0.312 e. The highest BCUT2D eigenvalue weighted by Crippen LogP contribution is 2.43. The van der Waals surface area contributed by atoms with Gasteiger partial charge < -0.3 is 16.4 Å². The maximum absolute atomic E-state index is 12.6. The quantitative estimate of drug-likeness (QED) is 0.703. The van der Waals surface area contributed by atoms with Crippen LogP contribution in [-0.4, -0.2) is 18.5 Å². The van der Waals surface area contributed by atoms with E-state index in [4.69, 9.17) is 5.73 Å². The molecule has 3 amide bonds. The number of hydrogen-bond acceptors (Lipinski definition) is 2. The van der Waals surface area contributed by atoms with Gasteiger partial charge in [-0.1, -0.05) is 61.0 Å². The number of rotatable bonds is 7. The number of aryl methyl sites for hydroxylation is 1. The number of nitrogens with two attached hydrogens (primary N) is 1. The highest BCUT2D eigenvalue weighted by Gasteiger charge is 2.38. The maximum atomic E-state index is 12.6. The summed E-state index contributed by atoms with van der Waals surface area (Å²) < 4.78 is 0. The number of hydrogen-bond donors (Lipinski definition) is 3. The first kappa shape index (κ1) is 19.0. The Hall–Kier alpha value is -2.82. The molecule has 4 N–H and O–H groups in total. The van der Waals surface area contributed by atoms with Crippen molar-refractivity contribution in [1.82, 2.24) is 10.6 Å². The van der Waals surface area contributed by atoms with Gasteiger partial charge in [-0.2, -0.15) is 0 Å². The molecule has 2 aromatic rings. The lowest BCUT2D eigenvalue weighted by Crippen LogP contribution is -2.46. The Morgan fingerprint density at radius 1 is 1.07 bits per heavy atom. The van der Waals surface area contributed by atoms with E-state index >= 15 is 0 Å². The molecule has 0 radical (unpaired) electrons. The van der Waals surface area contributed by atoms with E-state index in [0.29, 0.717) is 6.54 Å². The number of benzene rings is 2. The van der Waals surface area contributed by atoms with Crippen LogP contribution in [-0.2, 0) is 10.2 Å². The van der Waals surface area contributed by atoms with Crippen molar-refractivity contribution < 1.29 is 9.59 Å². The van der Waals surface area contributed by atoms with Gasteiger partial charge >= 0.3 is 6.03 Å². The predicted molar refractivity (Wildman–Crippen MR) is 106 cm³/mol. The summed E-state index contributed by atoms with van der Waals surface area (Å²) in [5, 5.41) is 5.79. The third-order valence-corrected chi connectivity index (χ3v) is 5.59. The van der Waals surface area contributed by atoms with Gasteiger partial charge in [0, 0.05) is 12.0 Å². The zero-order valence-electron chi connectivity index (χ0n) is 15.7. The van der Waals surface area contributed by atoms with Gasteiger partial charge in [-0.3, -0.25) is 4.79 Å². The van der Waals surface area contributed by atoms with E-state index in [-0.39, 0.29) is 17.7 Å². The molecule has 3 rings (SSSR count). The van der Waals surface area contributed by atoms with Crippen molar-refractivity contribution in [1.29, 1.82) is 0 Å². The molecule has 5 nitrogen and oxygen atoms in total. The second-order valence-corrected chi connectivity index (χ2v) is 7.40. The first-order valence-corrected chi connectivity index (χ1v) is 9.44. The van der Waals surface area contributed by atoms with Gasteiger partial charge in [0.25, 0.3) is 0 Å². The molecule has 27 heavy (non-hydrogen) atoms. The van der Waals surface area contributed by atoms with Crippen molar-refractivity contribution in [2.45, 2.75) is 44.1 Å². The number of carbonyl (C=O) groups excluding carboxylic acids is 2. The van der Waals surface area contributed by atoms with E-state index in [1.807, 2.05) is 49.4 Å². The second kappa shape index (κ2) is 8.25. The van der Waals surface area contributed by atoms with Gasteiger partial charge in [-0.05, 0) is 36.5 Å². The topological polar surface area (TPSA) is 84.2 Å². The summed E-state index contributed by atoms with van der Waals surface area (Å²) in [6.07, 6.45) is 3.51. The van der Waals surface area contributed by atoms with Crippen LogP contribution in [0.15, 0.2) is 54.6 Å². The van der Waals surface area contributed by atoms with Crippen LogP contribution in [0.2, 0.25) is 0 Å². The number of primary amides is 1. The van der Waals surface area contributed by atoms with Crippen LogP contribution in [0.4, 0.5) is 4.79 Å². The summed E-state index contributed by atoms with van der Waals surface area (Å²) in [6, 6.07) is 17.0. The normalized spacial score (nSPS) is 16.0. The van der Waals surface area contributed by atoms with Crippen LogP contribution in [0, 0.1) is 6.92 Å². The largest absolute Gasteiger partial charge is 0.355 e. The van der Waals surface area contributed by atoms with Crippen molar-refractivity contribution in [3.63, 3.8) is 0 Å². The minimum Gasteiger partial charge on any atom is -0.355 e. The summed E-state index contributed by atoms with van der Waals surface area (Å²) in [6.45, 7) is 2.58. The van der Waals surface area contributed by atoms with Crippen LogP contribution in [0.5, 0.6) is 0 Å². The Balaban J connectivity index is 1.66. The minimum atomic E-state index is -0.629. The molecule has 1 unspecified atom stereocenters. The van der Waals surface area contributed by atoms with Crippen molar-refractivity contribution >= 4 is 11.9 Å². The average Bonchev–Trinajstić information content (AvgIpc) is 2.61. The van der Waals surface area contributed by atoms with Crippen LogP contribution in [0.3, 0.4) is 0 Å². The first-order valence-electron chi connectivity index (χ1n) is 9.44. The number of nitrogens with one attached hydrogen (secondary N) is 2. The van der Waals surface area contributed by atoms with Gasteiger partial charge in [-0.25, -0.2) is 4.79 Å². The molecule has 1 aliphatic rings. The van der Waals surface area contributed by atoms with Crippen LogP contribution in [0.25, 0.3) is 0 Å². The van der Waals surface area contributed by atoms with Crippen molar-refractivity contribution in [3.8, 4) is 0 Å². The Bertz CT molecular complexity index is 800. The molecule has 0 aliphatic heterocycles. The molecule has 0 spiro atoms. The molecule has 2 aromatic carbocycles. The molecule has 0 aromatic heterocycles.